The molecule has 0 aliphatic carbocycles. The lowest BCUT2D eigenvalue weighted by molar-refractivity contribution is 0.164. The van der Waals surface area contributed by atoms with E-state index in [1.165, 1.54) is 5.57 Å². The molecular weight excluding hydrogens is 114 g/mol. The van der Waals surface area contributed by atoms with Gasteiger partial charge in [0.1, 0.15) is 0 Å². The number of nitrogens with one attached hydrogen (secondary N) is 1. The Bertz CT molecular complexity index is 109. The highest BCUT2D eigenvalue weighted by molar-refractivity contribution is 5.01. The van der Waals surface area contributed by atoms with Crippen molar-refractivity contribution in [2.24, 2.45) is 0 Å². The van der Waals surface area contributed by atoms with Gasteiger partial charge in [-0.3, -0.25) is 0 Å². The maximum atomic E-state index is 5.27. The average molecular weight is 127 g/mol. The summed E-state index contributed by atoms with van der Waals surface area (Å²) < 4.78 is 5.27. The van der Waals surface area contributed by atoms with Crippen LogP contribution in [0.3, 0.4) is 0 Å². The first-order valence-electron chi connectivity index (χ1n) is 3.42. The fourth-order valence-electron chi connectivity index (χ4n) is 0.797. The Balaban J connectivity index is 2.37. The third-order valence-corrected chi connectivity index (χ3v) is 1.44. The molecule has 1 heterocycles. The largest absolute Gasteiger partial charge is 0.389 e. The molecule has 1 aliphatic heterocycles. The molecule has 2 nitrogen and oxygen atoms in total. The molecule has 0 bridgehead atoms. The Labute approximate surface area is 55.9 Å². The third kappa shape index (κ3) is 2.06. The second-order valence-electron chi connectivity index (χ2n) is 2.16. The number of hydrogen-bond acceptors (Lipinski definition) is 2. The summed E-state index contributed by atoms with van der Waals surface area (Å²) in [6.07, 6.45) is 3.15. The van der Waals surface area contributed by atoms with Gasteiger partial charge in [-0.05, 0) is 18.2 Å². The van der Waals surface area contributed by atoms with Gasteiger partial charge in [0.2, 0.25) is 0 Å². The molecule has 0 spiro atoms. The van der Waals surface area contributed by atoms with Gasteiger partial charge in [0.05, 0.1) is 13.2 Å². The lowest BCUT2D eigenvalue weighted by Gasteiger charge is -1.98. The van der Waals surface area contributed by atoms with Gasteiger partial charge in [-0.1, -0.05) is 6.92 Å². The lowest BCUT2D eigenvalue weighted by atomic mass is 10.2. The van der Waals surface area contributed by atoms with Crippen LogP contribution in [-0.4, -0.2) is 19.8 Å². The molecule has 2 heteroatoms. The Morgan fingerprint density at radius 2 is 2.67 bits per heavy atom. The van der Waals surface area contributed by atoms with Crippen molar-refractivity contribution in [2.45, 2.75) is 13.3 Å². The van der Waals surface area contributed by atoms with Crippen molar-refractivity contribution in [3.63, 3.8) is 0 Å². The van der Waals surface area contributed by atoms with Gasteiger partial charge in [-0.15, -0.1) is 0 Å². The topological polar surface area (TPSA) is 21.3 Å². The smallest absolute Gasteiger partial charge is 0.0694 e. The highest BCUT2D eigenvalue weighted by Crippen LogP contribution is 2.00. The van der Waals surface area contributed by atoms with Crippen molar-refractivity contribution in [1.29, 1.82) is 0 Å². The van der Waals surface area contributed by atoms with Gasteiger partial charge in [0.25, 0.3) is 0 Å². The maximum Gasteiger partial charge on any atom is 0.0694 e. The minimum Gasteiger partial charge on any atom is -0.389 e. The van der Waals surface area contributed by atoms with E-state index in [0.717, 1.165) is 26.2 Å². The molecule has 0 fully saturated rings. The Hall–Kier alpha value is -0.500. The monoisotopic (exact) mass is 127 g/mol. The molecule has 0 aromatic heterocycles. The van der Waals surface area contributed by atoms with Crippen LogP contribution < -0.4 is 5.32 Å². The van der Waals surface area contributed by atoms with E-state index in [4.69, 9.17) is 4.74 Å². The molecule has 0 aromatic rings. The van der Waals surface area contributed by atoms with E-state index in [0.29, 0.717) is 0 Å². The van der Waals surface area contributed by atoms with Gasteiger partial charge < -0.3 is 10.1 Å². The Kier molecular flexibility index (Phi) is 2.58. The van der Waals surface area contributed by atoms with Crippen LogP contribution in [0.4, 0.5) is 0 Å². The van der Waals surface area contributed by atoms with Crippen molar-refractivity contribution in [3.05, 3.63) is 11.8 Å². The van der Waals surface area contributed by atoms with Crippen molar-refractivity contribution in [3.8, 4) is 0 Å². The summed E-state index contributed by atoms with van der Waals surface area (Å²) in [6, 6.07) is 0. The maximum absolute atomic E-state index is 5.27. The molecule has 0 atom stereocenters. The highest BCUT2D eigenvalue weighted by Gasteiger charge is 1.97. The Morgan fingerprint density at radius 1 is 1.78 bits per heavy atom. The van der Waals surface area contributed by atoms with Gasteiger partial charge >= 0.3 is 0 Å². The van der Waals surface area contributed by atoms with E-state index < -0.39 is 0 Å². The van der Waals surface area contributed by atoms with Crippen molar-refractivity contribution in [1.82, 2.24) is 5.32 Å². The first-order chi connectivity index (χ1) is 4.43. The summed E-state index contributed by atoms with van der Waals surface area (Å²) in [5.41, 5.74) is 1.35. The summed E-state index contributed by atoms with van der Waals surface area (Å²) in [6.45, 7) is 4.73. The predicted octanol–water partition coefficient (Wildman–Crippen LogP) is 0.900. The van der Waals surface area contributed by atoms with E-state index in [1.54, 1.807) is 0 Å². The van der Waals surface area contributed by atoms with Crippen LogP contribution in [0.5, 0.6) is 0 Å². The lowest BCUT2D eigenvalue weighted by Crippen LogP contribution is -2.09. The number of rotatable bonds is 1. The molecular formula is C7H13NO. The minimum absolute atomic E-state index is 0.809. The van der Waals surface area contributed by atoms with E-state index in [1.807, 2.05) is 0 Å². The molecule has 0 amide bonds. The van der Waals surface area contributed by atoms with E-state index in [9.17, 15) is 0 Å². The summed E-state index contributed by atoms with van der Waals surface area (Å²) in [7, 11) is 0. The molecule has 0 aromatic carbocycles. The fourth-order valence-corrected chi connectivity index (χ4v) is 0.797. The zero-order valence-corrected chi connectivity index (χ0v) is 5.81. The SMILES string of the molecule is CCC1=CNCCOC1. The third-order valence-electron chi connectivity index (χ3n) is 1.44. The highest BCUT2D eigenvalue weighted by atomic mass is 16.5. The standard InChI is InChI=1S/C7H13NO/c1-2-7-5-8-3-4-9-6-7/h5,8H,2-4,6H2,1H3. The van der Waals surface area contributed by atoms with Crippen molar-refractivity contribution < 1.29 is 4.74 Å². The zero-order chi connectivity index (χ0) is 6.53. The minimum atomic E-state index is 0.809. The quantitative estimate of drug-likeness (QED) is 0.565. The fraction of sp³-hybridized carbons (Fsp3) is 0.714. The van der Waals surface area contributed by atoms with Crippen LogP contribution >= 0.6 is 0 Å². The van der Waals surface area contributed by atoms with Gasteiger partial charge in [-0.2, -0.15) is 0 Å². The molecule has 0 saturated carbocycles. The van der Waals surface area contributed by atoms with E-state index in [2.05, 4.69) is 18.4 Å². The molecule has 0 unspecified atom stereocenters. The molecule has 0 radical (unpaired) electrons. The van der Waals surface area contributed by atoms with E-state index >= 15 is 0 Å². The van der Waals surface area contributed by atoms with Crippen molar-refractivity contribution in [2.75, 3.05) is 19.8 Å². The number of ether oxygens (including phenoxy) is 1. The van der Waals surface area contributed by atoms with Crippen LogP contribution in [0, 0.1) is 0 Å². The summed E-state index contributed by atoms with van der Waals surface area (Å²) >= 11 is 0. The van der Waals surface area contributed by atoms with Crippen LogP contribution in [-0.2, 0) is 4.74 Å². The molecule has 1 rings (SSSR count). The first-order valence-corrected chi connectivity index (χ1v) is 3.42. The van der Waals surface area contributed by atoms with Crippen LogP contribution in [0.2, 0.25) is 0 Å². The summed E-state index contributed by atoms with van der Waals surface area (Å²) in [4.78, 5) is 0. The second-order valence-corrected chi connectivity index (χ2v) is 2.16. The summed E-state index contributed by atoms with van der Waals surface area (Å²) in [5, 5.41) is 3.16. The Morgan fingerprint density at radius 3 is 3.44 bits per heavy atom. The van der Waals surface area contributed by atoms with Crippen molar-refractivity contribution >= 4 is 0 Å². The average Bonchev–Trinajstić information content (AvgIpc) is 2.13. The van der Waals surface area contributed by atoms with Crippen LogP contribution in [0.15, 0.2) is 11.8 Å². The summed E-state index contributed by atoms with van der Waals surface area (Å²) in [5.74, 6) is 0. The molecule has 1 aliphatic rings. The first kappa shape index (κ1) is 6.62. The molecule has 9 heavy (non-hydrogen) atoms. The molecule has 52 valence electrons. The molecule has 1 N–H and O–H groups in total. The van der Waals surface area contributed by atoms with Crippen LogP contribution in [0.25, 0.3) is 0 Å². The number of hydrogen-bond donors (Lipinski definition) is 1. The molecule has 0 saturated heterocycles. The van der Waals surface area contributed by atoms with E-state index in [-0.39, 0.29) is 0 Å². The van der Waals surface area contributed by atoms with Gasteiger partial charge in [0.15, 0.2) is 0 Å². The van der Waals surface area contributed by atoms with Gasteiger partial charge in [0, 0.05) is 6.54 Å². The van der Waals surface area contributed by atoms with Crippen LogP contribution in [0.1, 0.15) is 13.3 Å². The second kappa shape index (κ2) is 3.51. The predicted molar refractivity (Wildman–Crippen MR) is 37.2 cm³/mol. The normalized spacial score (nSPS) is 19.9. The van der Waals surface area contributed by atoms with Gasteiger partial charge in [-0.25, -0.2) is 0 Å². The zero-order valence-electron chi connectivity index (χ0n) is 5.81.